The van der Waals surface area contributed by atoms with Crippen molar-refractivity contribution in [3.8, 4) is 0 Å². The maximum atomic E-state index is 6.16. The van der Waals surface area contributed by atoms with Gasteiger partial charge in [-0.05, 0) is 75.1 Å². The molecule has 194 valence electrons. The van der Waals surface area contributed by atoms with Gasteiger partial charge in [-0.15, -0.1) is 0 Å². The highest BCUT2D eigenvalue weighted by Gasteiger charge is 2.27. The van der Waals surface area contributed by atoms with E-state index in [0.29, 0.717) is 0 Å². The van der Waals surface area contributed by atoms with E-state index in [9.17, 15) is 0 Å². The Kier molecular flexibility index (Phi) is 11.2. The number of pyridine rings is 1. The van der Waals surface area contributed by atoms with Crippen molar-refractivity contribution in [3.63, 3.8) is 0 Å². The van der Waals surface area contributed by atoms with Crippen molar-refractivity contribution in [1.29, 1.82) is 0 Å². The molecule has 2 N–H and O–H groups in total. The number of piperazine rings is 1. The van der Waals surface area contributed by atoms with Crippen LogP contribution in [-0.2, 0) is 6.42 Å². The van der Waals surface area contributed by atoms with Crippen molar-refractivity contribution in [2.24, 2.45) is 0 Å². The van der Waals surface area contributed by atoms with Crippen LogP contribution < -0.4 is 5.32 Å². The molecule has 4 rings (SSSR count). The van der Waals surface area contributed by atoms with Crippen molar-refractivity contribution >= 4 is 11.6 Å². The molecular formula is C29H41ClN6. The van der Waals surface area contributed by atoms with Crippen LogP contribution in [-0.4, -0.2) is 70.6 Å². The number of nitrogens with one attached hydrogen (secondary N) is 2. The third kappa shape index (κ3) is 8.70. The fourth-order valence-electron chi connectivity index (χ4n) is 5.06. The smallest absolute Gasteiger partial charge is 0.0921 e. The Morgan fingerprint density at radius 3 is 2.42 bits per heavy atom. The van der Waals surface area contributed by atoms with Gasteiger partial charge < -0.3 is 15.2 Å². The molecule has 0 aliphatic carbocycles. The van der Waals surface area contributed by atoms with Crippen molar-refractivity contribution < 1.29 is 0 Å². The molecule has 0 amide bonds. The largest absolute Gasteiger partial charge is 0.348 e. The summed E-state index contributed by atoms with van der Waals surface area (Å²) in [6.07, 6.45) is 14.4. The van der Waals surface area contributed by atoms with E-state index in [0.717, 1.165) is 62.8 Å². The van der Waals surface area contributed by atoms with Crippen LogP contribution in [0.3, 0.4) is 0 Å². The lowest BCUT2D eigenvalue weighted by Crippen LogP contribution is -2.48. The summed E-state index contributed by atoms with van der Waals surface area (Å²) in [7, 11) is 0. The molecule has 1 aliphatic heterocycles. The maximum absolute atomic E-state index is 6.16. The maximum Gasteiger partial charge on any atom is 0.0921 e. The molecule has 0 saturated carbocycles. The van der Waals surface area contributed by atoms with Gasteiger partial charge in [0.25, 0.3) is 0 Å². The van der Waals surface area contributed by atoms with E-state index in [-0.39, 0.29) is 6.04 Å². The number of hydrogen-bond acceptors (Lipinski definition) is 5. The number of aromatic nitrogens is 3. The number of nitrogens with zero attached hydrogens (tertiary/aromatic N) is 4. The summed E-state index contributed by atoms with van der Waals surface area (Å²) in [5, 5.41) is 4.35. The zero-order valence-corrected chi connectivity index (χ0v) is 22.2. The Labute approximate surface area is 221 Å². The van der Waals surface area contributed by atoms with Crippen LogP contribution in [0.25, 0.3) is 0 Å². The quantitative estimate of drug-likeness (QED) is 0.271. The number of hydrogen-bond donors (Lipinski definition) is 2. The van der Waals surface area contributed by atoms with Gasteiger partial charge in [-0.1, -0.05) is 49.1 Å². The van der Waals surface area contributed by atoms with Crippen molar-refractivity contribution in [2.75, 3.05) is 45.8 Å². The summed E-state index contributed by atoms with van der Waals surface area (Å²) in [6, 6.07) is 14.7. The van der Waals surface area contributed by atoms with Gasteiger partial charge in [-0.2, -0.15) is 0 Å². The second-order valence-corrected chi connectivity index (χ2v) is 10.2. The monoisotopic (exact) mass is 508 g/mol. The first-order chi connectivity index (χ1) is 17.8. The zero-order valence-electron chi connectivity index (χ0n) is 21.4. The molecule has 3 aromatic rings. The van der Waals surface area contributed by atoms with Crippen LogP contribution in [0.15, 0.2) is 61.2 Å². The Bertz CT molecular complexity index is 955. The third-order valence-electron chi connectivity index (χ3n) is 7.11. The summed E-state index contributed by atoms with van der Waals surface area (Å²) in [5.74, 6) is 0. The summed E-state index contributed by atoms with van der Waals surface area (Å²) >= 11 is 6.16. The summed E-state index contributed by atoms with van der Waals surface area (Å²) in [5.41, 5.74) is 3.60. The molecule has 6 nitrogen and oxygen atoms in total. The number of rotatable bonds is 15. The SMILES string of the molecule is Clc1ccc(C(c2ccccn2)N2CCN(CCCCCCCNCCCc3cnc[nH]3)CC2)cc1. The highest BCUT2D eigenvalue weighted by molar-refractivity contribution is 6.30. The minimum atomic E-state index is 0.185. The highest BCUT2D eigenvalue weighted by Crippen LogP contribution is 2.29. The van der Waals surface area contributed by atoms with Crippen LogP contribution in [0.5, 0.6) is 0 Å². The van der Waals surface area contributed by atoms with E-state index in [1.807, 2.05) is 30.6 Å². The Morgan fingerprint density at radius 1 is 0.889 bits per heavy atom. The molecule has 3 heterocycles. The van der Waals surface area contributed by atoms with Gasteiger partial charge in [-0.25, -0.2) is 4.98 Å². The fraction of sp³-hybridized carbons (Fsp3) is 0.517. The Morgan fingerprint density at radius 2 is 1.67 bits per heavy atom. The number of halogens is 1. The Balaban J connectivity index is 1.08. The second-order valence-electron chi connectivity index (χ2n) is 9.78. The van der Waals surface area contributed by atoms with Gasteiger partial charge in [0.2, 0.25) is 0 Å². The standard InChI is InChI=1S/C29H41ClN6/c30-26-13-11-25(12-14-26)29(28-10-4-6-17-33-28)36-21-19-35(20-22-36)18-7-3-1-2-5-15-31-16-8-9-27-23-32-24-34-27/h4,6,10-14,17,23-24,29,31H,1-3,5,7-9,15-16,18-22H2,(H,32,34). The van der Waals surface area contributed by atoms with Crippen molar-refractivity contribution in [2.45, 2.75) is 51.0 Å². The molecule has 1 aromatic carbocycles. The van der Waals surface area contributed by atoms with Crippen LogP contribution >= 0.6 is 11.6 Å². The van der Waals surface area contributed by atoms with Gasteiger partial charge in [0.05, 0.1) is 18.1 Å². The van der Waals surface area contributed by atoms with Crippen LogP contribution in [0.2, 0.25) is 5.02 Å². The molecule has 1 unspecified atom stereocenters. The van der Waals surface area contributed by atoms with Gasteiger partial charge in [0.1, 0.15) is 0 Å². The topological polar surface area (TPSA) is 60.1 Å². The molecule has 7 heteroatoms. The lowest BCUT2D eigenvalue weighted by molar-refractivity contribution is 0.107. The molecule has 0 bridgehead atoms. The molecule has 0 radical (unpaired) electrons. The molecule has 1 fully saturated rings. The van der Waals surface area contributed by atoms with E-state index in [2.05, 4.69) is 49.4 Å². The number of imidazole rings is 1. The van der Waals surface area contributed by atoms with E-state index < -0.39 is 0 Å². The molecule has 1 aliphatic rings. The predicted octanol–water partition coefficient (Wildman–Crippen LogP) is 5.34. The second kappa shape index (κ2) is 15.1. The summed E-state index contributed by atoms with van der Waals surface area (Å²) in [4.78, 5) is 17.1. The average Bonchev–Trinajstić information content (AvgIpc) is 3.44. The molecule has 1 saturated heterocycles. The molecule has 0 spiro atoms. The molecule has 2 aromatic heterocycles. The first-order valence-corrected chi connectivity index (χ1v) is 14.0. The van der Waals surface area contributed by atoms with Gasteiger partial charge in [0, 0.05) is 49.3 Å². The minimum Gasteiger partial charge on any atom is -0.348 e. The minimum absolute atomic E-state index is 0.185. The Hall–Kier alpha value is -2.25. The lowest BCUT2D eigenvalue weighted by atomic mass is 10.0. The molecule has 1 atom stereocenters. The molecule has 36 heavy (non-hydrogen) atoms. The van der Waals surface area contributed by atoms with Gasteiger partial charge in [-0.3, -0.25) is 9.88 Å². The van der Waals surface area contributed by atoms with Gasteiger partial charge >= 0.3 is 0 Å². The highest BCUT2D eigenvalue weighted by atomic mass is 35.5. The normalized spacial score (nSPS) is 15.8. The van der Waals surface area contributed by atoms with E-state index in [1.165, 1.54) is 49.9 Å². The number of aromatic amines is 1. The van der Waals surface area contributed by atoms with Gasteiger partial charge in [0.15, 0.2) is 0 Å². The number of unbranched alkanes of at least 4 members (excludes halogenated alkanes) is 4. The fourth-order valence-corrected chi connectivity index (χ4v) is 5.19. The number of aryl methyl sites for hydroxylation is 1. The van der Waals surface area contributed by atoms with Crippen LogP contribution in [0.1, 0.15) is 61.5 Å². The summed E-state index contributed by atoms with van der Waals surface area (Å²) < 4.78 is 0. The van der Waals surface area contributed by atoms with Crippen LogP contribution in [0.4, 0.5) is 0 Å². The first kappa shape index (κ1) is 26.8. The first-order valence-electron chi connectivity index (χ1n) is 13.6. The van der Waals surface area contributed by atoms with Crippen molar-refractivity contribution in [3.05, 3.63) is 83.2 Å². The van der Waals surface area contributed by atoms with Crippen molar-refractivity contribution in [1.82, 2.24) is 30.1 Å². The number of benzene rings is 1. The van der Waals surface area contributed by atoms with E-state index in [1.54, 1.807) is 6.33 Å². The number of H-pyrrole nitrogens is 1. The molecular weight excluding hydrogens is 468 g/mol. The third-order valence-corrected chi connectivity index (χ3v) is 7.36. The predicted molar refractivity (Wildman–Crippen MR) is 148 cm³/mol. The zero-order chi connectivity index (χ0) is 24.8. The average molecular weight is 509 g/mol. The van der Waals surface area contributed by atoms with E-state index >= 15 is 0 Å². The van der Waals surface area contributed by atoms with Crippen LogP contribution in [0, 0.1) is 0 Å². The lowest BCUT2D eigenvalue weighted by Gasteiger charge is -2.39. The van der Waals surface area contributed by atoms with E-state index in [4.69, 9.17) is 16.6 Å². The summed E-state index contributed by atoms with van der Waals surface area (Å²) in [6.45, 7) is 7.82.